The van der Waals surface area contributed by atoms with E-state index in [2.05, 4.69) is 21.9 Å². The average Bonchev–Trinajstić information content (AvgIpc) is 3.24. The maximum Gasteiger partial charge on any atom is 0.416 e. The number of thiocarbonyl (C=S) groups is 1. The molecule has 2 aromatic carbocycles. The van der Waals surface area contributed by atoms with Crippen molar-refractivity contribution in [3.05, 3.63) is 78.1 Å². The average molecular weight is 416 g/mol. The molecule has 0 N–H and O–H groups in total. The van der Waals surface area contributed by atoms with Gasteiger partial charge < -0.3 is 14.2 Å². The van der Waals surface area contributed by atoms with Crippen LogP contribution in [0.4, 0.5) is 18.9 Å². The van der Waals surface area contributed by atoms with Crippen LogP contribution in [0.5, 0.6) is 0 Å². The van der Waals surface area contributed by atoms with Crippen molar-refractivity contribution in [1.29, 1.82) is 0 Å². The molecule has 0 amide bonds. The van der Waals surface area contributed by atoms with E-state index in [-0.39, 0.29) is 0 Å². The van der Waals surface area contributed by atoms with Gasteiger partial charge in [-0.1, -0.05) is 42.5 Å². The molecule has 0 spiro atoms. The second-order valence-electron chi connectivity index (χ2n) is 6.86. The standard InChI is InChI=1S/C22H19F3N2OS/c23-22(24,25)17-6-4-5-16(15-17)19-9-10-20(28-19)21(29)27-13-11-26(12-14-27)18-7-2-1-3-8-18/h1-10,15H,11-14H2. The smallest absolute Gasteiger partial charge is 0.416 e. The number of benzene rings is 2. The van der Waals surface area contributed by atoms with Gasteiger partial charge in [-0.15, -0.1) is 0 Å². The van der Waals surface area contributed by atoms with E-state index in [1.54, 1.807) is 18.2 Å². The van der Waals surface area contributed by atoms with Crippen molar-refractivity contribution in [2.45, 2.75) is 6.18 Å². The summed E-state index contributed by atoms with van der Waals surface area (Å²) in [5, 5.41) is 0. The van der Waals surface area contributed by atoms with Crippen molar-refractivity contribution in [2.24, 2.45) is 0 Å². The topological polar surface area (TPSA) is 19.6 Å². The summed E-state index contributed by atoms with van der Waals surface area (Å²) in [6.45, 7) is 3.19. The molecule has 0 unspecified atom stereocenters. The highest BCUT2D eigenvalue weighted by Crippen LogP contribution is 2.33. The zero-order chi connectivity index (χ0) is 20.4. The zero-order valence-corrected chi connectivity index (χ0v) is 16.3. The summed E-state index contributed by atoms with van der Waals surface area (Å²) in [4.78, 5) is 4.95. The molecule has 1 fully saturated rings. The maximum atomic E-state index is 13.0. The van der Waals surface area contributed by atoms with Crippen LogP contribution in [0.1, 0.15) is 11.3 Å². The molecule has 0 saturated carbocycles. The third-order valence-electron chi connectivity index (χ3n) is 4.98. The van der Waals surface area contributed by atoms with E-state index >= 15 is 0 Å². The van der Waals surface area contributed by atoms with Crippen LogP contribution in [-0.2, 0) is 6.18 Å². The monoisotopic (exact) mass is 416 g/mol. The van der Waals surface area contributed by atoms with Crippen LogP contribution in [-0.4, -0.2) is 36.1 Å². The second kappa shape index (κ2) is 7.91. The first-order valence-electron chi connectivity index (χ1n) is 9.28. The minimum absolute atomic E-state index is 0.372. The molecule has 0 aliphatic carbocycles. The van der Waals surface area contributed by atoms with Gasteiger partial charge in [-0.05, 0) is 36.4 Å². The van der Waals surface area contributed by atoms with Crippen LogP contribution in [0.3, 0.4) is 0 Å². The Balaban J connectivity index is 1.44. The van der Waals surface area contributed by atoms with E-state index in [1.165, 1.54) is 11.8 Å². The first-order valence-corrected chi connectivity index (χ1v) is 9.69. The minimum atomic E-state index is -4.39. The largest absolute Gasteiger partial charge is 0.454 e. The Bertz CT molecular complexity index is 993. The highest BCUT2D eigenvalue weighted by molar-refractivity contribution is 7.80. The molecule has 1 aliphatic heterocycles. The van der Waals surface area contributed by atoms with Crippen molar-refractivity contribution in [1.82, 2.24) is 4.90 Å². The van der Waals surface area contributed by atoms with Gasteiger partial charge in [0.05, 0.1) is 5.56 Å². The van der Waals surface area contributed by atoms with E-state index in [0.717, 1.165) is 38.3 Å². The van der Waals surface area contributed by atoms with Gasteiger partial charge in [-0.25, -0.2) is 0 Å². The van der Waals surface area contributed by atoms with Gasteiger partial charge in [-0.3, -0.25) is 0 Å². The number of para-hydroxylation sites is 1. The third-order valence-corrected chi connectivity index (χ3v) is 5.44. The Kier molecular flexibility index (Phi) is 5.32. The summed E-state index contributed by atoms with van der Waals surface area (Å²) < 4.78 is 44.7. The van der Waals surface area contributed by atoms with Crippen LogP contribution in [0.2, 0.25) is 0 Å². The number of piperazine rings is 1. The number of hydrogen-bond donors (Lipinski definition) is 0. The van der Waals surface area contributed by atoms with Gasteiger partial charge in [0.15, 0.2) is 5.76 Å². The van der Waals surface area contributed by atoms with Gasteiger partial charge in [-0.2, -0.15) is 13.2 Å². The number of rotatable bonds is 3. The van der Waals surface area contributed by atoms with E-state index in [4.69, 9.17) is 16.6 Å². The molecular formula is C22H19F3N2OS. The van der Waals surface area contributed by atoms with E-state index in [0.29, 0.717) is 22.1 Å². The van der Waals surface area contributed by atoms with Crippen LogP contribution in [0.15, 0.2) is 71.1 Å². The number of furan rings is 1. The highest BCUT2D eigenvalue weighted by Gasteiger charge is 2.30. The Morgan fingerprint density at radius 2 is 1.59 bits per heavy atom. The fraction of sp³-hybridized carbons (Fsp3) is 0.227. The van der Waals surface area contributed by atoms with Gasteiger partial charge >= 0.3 is 6.18 Å². The summed E-state index contributed by atoms with van der Waals surface area (Å²) >= 11 is 5.58. The highest BCUT2D eigenvalue weighted by atomic mass is 32.1. The van der Waals surface area contributed by atoms with Crippen LogP contribution >= 0.6 is 12.2 Å². The Labute approximate surface area is 172 Å². The zero-order valence-electron chi connectivity index (χ0n) is 15.5. The van der Waals surface area contributed by atoms with Crippen molar-refractivity contribution >= 4 is 22.9 Å². The van der Waals surface area contributed by atoms with Crippen molar-refractivity contribution in [3.63, 3.8) is 0 Å². The van der Waals surface area contributed by atoms with Crippen LogP contribution in [0.25, 0.3) is 11.3 Å². The fourth-order valence-electron chi connectivity index (χ4n) is 3.42. The molecule has 29 heavy (non-hydrogen) atoms. The molecule has 0 radical (unpaired) electrons. The lowest BCUT2D eigenvalue weighted by Crippen LogP contribution is -2.48. The van der Waals surface area contributed by atoms with Gasteiger partial charge in [0, 0.05) is 37.4 Å². The van der Waals surface area contributed by atoms with Crippen molar-refractivity contribution < 1.29 is 17.6 Å². The lowest BCUT2D eigenvalue weighted by molar-refractivity contribution is -0.137. The predicted octanol–water partition coefficient (Wildman–Crippen LogP) is 5.46. The Hall–Kier alpha value is -2.80. The summed E-state index contributed by atoms with van der Waals surface area (Å²) in [5.41, 5.74) is 0.859. The lowest BCUT2D eigenvalue weighted by atomic mass is 10.1. The number of hydrogen-bond acceptors (Lipinski definition) is 3. The van der Waals surface area contributed by atoms with Crippen LogP contribution in [0, 0.1) is 0 Å². The van der Waals surface area contributed by atoms with E-state index in [9.17, 15) is 13.2 Å². The predicted molar refractivity (Wildman–Crippen MR) is 111 cm³/mol. The number of alkyl halides is 3. The quantitative estimate of drug-likeness (QED) is 0.528. The number of nitrogens with zero attached hydrogens (tertiary/aromatic N) is 2. The molecule has 0 bridgehead atoms. The molecule has 0 atom stereocenters. The molecule has 3 aromatic rings. The Morgan fingerprint density at radius 1 is 0.862 bits per heavy atom. The molecule has 2 heterocycles. The minimum Gasteiger partial charge on any atom is -0.454 e. The van der Waals surface area contributed by atoms with Gasteiger partial charge in [0.1, 0.15) is 10.7 Å². The summed E-state index contributed by atoms with van der Waals surface area (Å²) in [6, 6.07) is 18.7. The first-order chi connectivity index (χ1) is 13.9. The van der Waals surface area contributed by atoms with Gasteiger partial charge in [0.25, 0.3) is 0 Å². The summed E-state index contributed by atoms with van der Waals surface area (Å²) in [6.07, 6.45) is -4.39. The third kappa shape index (κ3) is 4.29. The van der Waals surface area contributed by atoms with Crippen molar-refractivity contribution in [2.75, 3.05) is 31.1 Å². The lowest BCUT2D eigenvalue weighted by Gasteiger charge is -2.37. The number of anilines is 1. The summed E-state index contributed by atoms with van der Waals surface area (Å²) in [7, 11) is 0. The van der Waals surface area contributed by atoms with E-state index in [1.807, 2.05) is 18.2 Å². The molecule has 1 aromatic heterocycles. The molecular weight excluding hydrogens is 397 g/mol. The molecule has 150 valence electrons. The Morgan fingerprint density at radius 3 is 2.28 bits per heavy atom. The normalized spacial score (nSPS) is 14.9. The molecule has 3 nitrogen and oxygen atoms in total. The molecule has 1 aliphatic rings. The van der Waals surface area contributed by atoms with Gasteiger partial charge in [0.2, 0.25) is 0 Å². The second-order valence-corrected chi connectivity index (χ2v) is 7.24. The number of halogens is 3. The van der Waals surface area contributed by atoms with Crippen molar-refractivity contribution in [3.8, 4) is 11.3 Å². The van der Waals surface area contributed by atoms with Crippen LogP contribution < -0.4 is 4.90 Å². The molecule has 1 saturated heterocycles. The molecule has 4 rings (SSSR count). The van der Waals surface area contributed by atoms with E-state index < -0.39 is 11.7 Å². The first kappa shape index (κ1) is 19.5. The summed E-state index contributed by atoms with van der Waals surface area (Å²) in [5.74, 6) is 0.872. The molecule has 7 heteroatoms. The fourth-order valence-corrected chi connectivity index (χ4v) is 3.71. The SMILES string of the molecule is FC(F)(F)c1cccc(-c2ccc(C(=S)N3CCN(c4ccccc4)CC3)o2)c1. The maximum absolute atomic E-state index is 13.0.